The highest BCUT2D eigenvalue weighted by molar-refractivity contribution is 6.30. The standard InChI is InChI=1S/C16H18ClNO3/c17-13-4-1-3-12(9-13)5-6-14(19)18-11-16(7-2-8-16)10-15(20)21/h1,3-6,9H,2,7-8,10-11H2,(H,18,19)(H,20,21)/b6-5+. The molecule has 0 radical (unpaired) electrons. The summed E-state index contributed by atoms with van der Waals surface area (Å²) in [5.74, 6) is -1.02. The number of carbonyl (C=O) groups excluding carboxylic acids is 1. The van der Waals surface area contributed by atoms with Crippen LogP contribution < -0.4 is 5.32 Å². The summed E-state index contributed by atoms with van der Waals surface area (Å²) < 4.78 is 0. The highest BCUT2D eigenvalue weighted by Gasteiger charge is 2.38. The number of nitrogens with one attached hydrogen (secondary N) is 1. The van der Waals surface area contributed by atoms with Gasteiger partial charge in [0.1, 0.15) is 0 Å². The summed E-state index contributed by atoms with van der Waals surface area (Å²) >= 11 is 5.87. The third-order valence-corrected chi connectivity index (χ3v) is 4.09. The van der Waals surface area contributed by atoms with Gasteiger partial charge in [0.15, 0.2) is 0 Å². The molecule has 21 heavy (non-hydrogen) atoms. The van der Waals surface area contributed by atoms with E-state index in [1.165, 1.54) is 6.08 Å². The molecule has 1 aliphatic rings. The molecule has 2 rings (SSSR count). The Morgan fingerprint density at radius 2 is 2.14 bits per heavy atom. The van der Waals surface area contributed by atoms with Gasteiger partial charge in [-0.3, -0.25) is 9.59 Å². The van der Waals surface area contributed by atoms with Crippen LogP contribution in [0.4, 0.5) is 0 Å². The van der Waals surface area contributed by atoms with E-state index in [-0.39, 0.29) is 17.7 Å². The van der Waals surface area contributed by atoms with Gasteiger partial charge in [0, 0.05) is 17.6 Å². The van der Waals surface area contributed by atoms with Gasteiger partial charge < -0.3 is 10.4 Å². The van der Waals surface area contributed by atoms with Crippen LogP contribution in [0.1, 0.15) is 31.2 Å². The quantitative estimate of drug-likeness (QED) is 0.794. The predicted molar refractivity (Wildman–Crippen MR) is 82.0 cm³/mol. The number of carboxylic acids is 1. The second kappa shape index (κ2) is 6.76. The smallest absolute Gasteiger partial charge is 0.303 e. The number of aliphatic carboxylic acids is 1. The highest BCUT2D eigenvalue weighted by Crippen LogP contribution is 2.43. The van der Waals surface area contributed by atoms with E-state index in [0.29, 0.717) is 11.6 Å². The summed E-state index contributed by atoms with van der Waals surface area (Å²) in [6, 6.07) is 7.21. The number of rotatable bonds is 6. The molecule has 0 bridgehead atoms. The van der Waals surface area contributed by atoms with Crippen LogP contribution in [-0.2, 0) is 9.59 Å². The molecule has 5 heteroatoms. The molecule has 0 saturated heterocycles. The Morgan fingerprint density at radius 3 is 2.71 bits per heavy atom. The summed E-state index contributed by atoms with van der Waals surface area (Å²) in [4.78, 5) is 22.7. The van der Waals surface area contributed by atoms with E-state index in [0.717, 1.165) is 24.8 Å². The minimum absolute atomic E-state index is 0.116. The fraction of sp³-hybridized carbons (Fsp3) is 0.375. The molecule has 0 heterocycles. The van der Waals surface area contributed by atoms with Crippen LogP contribution in [0.2, 0.25) is 5.02 Å². The predicted octanol–water partition coefficient (Wildman–Crippen LogP) is 3.11. The number of benzene rings is 1. The van der Waals surface area contributed by atoms with Gasteiger partial charge >= 0.3 is 5.97 Å². The molecule has 112 valence electrons. The summed E-state index contributed by atoms with van der Waals surface area (Å²) in [6.07, 6.45) is 5.99. The Labute approximate surface area is 128 Å². The molecule has 0 aliphatic heterocycles. The molecule has 0 aromatic heterocycles. The van der Waals surface area contributed by atoms with Crippen molar-refractivity contribution in [2.75, 3.05) is 6.54 Å². The van der Waals surface area contributed by atoms with Crippen LogP contribution in [0.25, 0.3) is 6.08 Å². The van der Waals surface area contributed by atoms with Crippen molar-refractivity contribution < 1.29 is 14.7 Å². The molecule has 0 unspecified atom stereocenters. The number of hydrogen-bond donors (Lipinski definition) is 2. The Kier molecular flexibility index (Phi) is 5.02. The van der Waals surface area contributed by atoms with Crippen LogP contribution in [0, 0.1) is 5.41 Å². The minimum Gasteiger partial charge on any atom is -0.481 e. The Morgan fingerprint density at radius 1 is 1.38 bits per heavy atom. The van der Waals surface area contributed by atoms with Gasteiger partial charge in [0.25, 0.3) is 0 Å². The fourth-order valence-corrected chi connectivity index (χ4v) is 2.73. The van der Waals surface area contributed by atoms with E-state index in [1.54, 1.807) is 18.2 Å². The zero-order chi connectivity index (χ0) is 15.3. The maximum atomic E-state index is 11.8. The molecule has 1 fully saturated rings. The summed E-state index contributed by atoms with van der Waals surface area (Å²) in [7, 11) is 0. The zero-order valence-corrected chi connectivity index (χ0v) is 12.4. The molecule has 4 nitrogen and oxygen atoms in total. The molecule has 1 aliphatic carbocycles. The number of hydrogen-bond acceptors (Lipinski definition) is 2. The van der Waals surface area contributed by atoms with Gasteiger partial charge in [-0.15, -0.1) is 0 Å². The fourth-order valence-electron chi connectivity index (χ4n) is 2.53. The van der Waals surface area contributed by atoms with Crippen molar-refractivity contribution >= 4 is 29.6 Å². The van der Waals surface area contributed by atoms with Crippen LogP contribution >= 0.6 is 11.6 Å². The van der Waals surface area contributed by atoms with E-state index >= 15 is 0 Å². The number of halogens is 1. The first-order valence-corrected chi connectivity index (χ1v) is 7.30. The minimum atomic E-state index is -0.807. The molecule has 1 aromatic carbocycles. The number of amides is 1. The topological polar surface area (TPSA) is 66.4 Å². The lowest BCUT2D eigenvalue weighted by atomic mass is 9.66. The van der Waals surface area contributed by atoms with Gasteiger partial charge in [-0.2, -0.15) is 0 Å². The van der Waals surface area contributed by atoms with E-state index in [4.69, 9.17) is 16.7 Å². The van der Waals surface area contributed by atoms with Crippen molar-refractivity contribution in [3.63, 3.8) is 0 Å². The zero-order valence-electron chi connectivity index (χ0n) is 11.6. The van der Waals surface area contributed by atoms with Crippen LogP contribution in [0.5, 0.6) is 0 Å². The van der Waals surface area contributed by atoms with Crippen LogP contribution in [0.15, 0.2) is 30.3 Å². The first-order chi connectivity index (χ1) is 9.99. The van der Waals surface area contributed by atoms with Crippen molar-refractivity contribution in [1.82, 2.24) is 5.32 Å². The van der Waals surface area contributed by atoms with E-state index in [1.807, 2.05) is 12.1 Å². The van der Waals surface area contributed by atoms with Crippen LogP contribution in [-0.4, -0.2) is 23.5 Å². The first-order valence-electron chi connectivity index (χ1n) is 6.92. The molecule has 1 amide bonds. The Hall–Kier alpha value is -1.81. The van der Waals surface area contributed by atoms with Crippen molar-refractivity contribution in [2.45, 2.75) is 25.7 Å². The highest BCUT2D eigenvalue weighted by atomic mass is 35.5. The molecule has 0 atom stereocenters. The lowest BCUT2D eigenvalue weighted by molar-refractivity contribution is -0.141. The Bertz CT molecular complexity index is 564. The second-order valence-electron chi connectivity index (χ2n) is 5.53. The van der Waals surface area contributed by atoms with Crippen molar-refractivity contribution in [2.24, 2.45) is 5.41 Å². The average Bonchev–Trinajstić information content (AvgIpc) is 2.39. The van der Waals surface area contributed by atoms with Crippen molar-refractivity contribution in [3.05, 3.63) is 40.9 Å². The lowest BCUT2D eigenvalue weighted by Crippen LogP contribution is -2.43. The monoisotopic (exact) mass is 307 g/mol. The molecular formula is C16H18ClNO3. The van der Waals surface area contributed by atoms with E-state index in [2.05, 4.69) is 5.32 Å². The lowest BCUT2D eigenvalue weighted by Gasteiger charge is -2.40. The second-order valence-corrected chi connectivity index (χ2v) is 5.97. The van der Waals surface area contributed by atoms with Gasteiger partial charge in [0.05, 0.1) is 6.42 Å². The first kappa shape index (κ1) is 15.6. The van der Waals surface area contributed by atoms with Gasteiger partial charge in [0.2, 0.25) is 5.91 Å². The molecule has 2 N–H and O–H groups in total. The third-order valence-electron chi connectivity index (χ3n) is 3.85. The number of carboxylic acid groups (broad SMARTS) is 1. The van der Waals surface area contributed by atoms with E-state index in [9.17, 15) is 9.59 Å². The summed E-state index contributed by atoms with van der Waals surface area (Å²) in [5.41, 5.74) is 0.590. The van der Waals surface area contributed by atoms with Crippen molar-refractivity contribution in [1.29, 1.82) is 0 Å². The van der Waals surface area contributed by atoms with Gasteiger partial charge in [-0.25, -0.2) is 0 Å². The maximum Gasteiger partial charge on any atom is 0.303 e. The third kappa shape index (κ3) is 4.60. The maximum absolute atomic E-state index is 11.8. The average molecular weight is 308 g/mol. The SMILES string of the molecule is O=C(O)CC1(CNC(=O)/C=C/c2cccc(Cl)c2)CCC1. The normalized spacial score (nSPS) is 16.4. The number of carbonyl (C=O) groups is 2. The summed E-state index contributed by atoms with van der Waals surface area (Å²) in [6.45, 7) is 0.415. The molecule has 1 aromatic rings. The van der Waals surface area contributed by atoms with E-state index < -0.39 is 5.97 Å². The Balaban J connectivity index is 1.86. The molecular weight excluding hydrogens is 290 g/mol. The largest absolute Gasteiger partial charge is 0.481 e. The van der Waals surface area contributed by atoms with Gasteiger partial charge in [-0.1, -0.05) is 30.2 Å². The van der Waals surface area contributed by atoms with Crippen LogP contribution in [0.3, 0.4) is 0 Å². The molecule has 1 saturated carbocycles. The molecule has 0 spiro atoms. The van der Waals surface area contributed by atoms with Crippen molar-refractivity contribution in [3.8, 4) is 0 Å². The summed E-state index contributed by atoms with van der Waals surface area (Å²) in [5, 5.41) is 12.3. The van der Waals surface area contributed by atoms with Gasteiger partial charge in [-0.05, 0) is 42.0 Å².